The predicted octanol–water partition coefficient (Wildman–Crippen LogP) is 4.09. The van der Waals surface area contributed by atoms with Crippen molar-refractivity contribution in [2.24, 2.45) is 4.99 Å². The molecule has 3 aromatic rings. The van der Waals surface area contributed by atoms with E-state index in [0.717, 1.165) is 37.6 Å². The molecule has 144 valence electrons. The van der Waals surface area contributed by atoms with Gasteiger partial charge < -0.3 is 20.4 Å². The summed E-state index contributed by atoms with van der Waals surface area (Å²) in [4.78, 5) is 7.62. The number of aliphatic imine (C=N–C) groups is 1. The molecule has 0 spiro atoms. The molecular weight excluding hydrogens is 451 g/mol. The van der Waals surface area contributed by atoms with E-state index in [1.807, 2.05) is 12.1 Å². The Morgan fingerprint density at radius 1 is 1.07 bits per heavy atom. The maximum absolute atomic E-state index is 5.18. The number of ether oxygens (including phenoxy) is 1. The Morgan fingerprint density at radius 3 is 2.59 bits per heavy atom. The Morgan fingerprint density at radius 2 is 1.85 bits per heavy atom. The molecule has 0 radical (unpaired) electrons. The minimum Gasteiger partial charge on any atom is -0.497 e. The van der Waals surface area contributed by atoms with Gasteiger partial charge in [0.15, 0.2) is 5.96 Å². The molecular formula is C21H27IN4O. The van der Waals surface area contributed by atoms with Crippen molar-refractivity contribution >= 4 is 40.8 Å². The van der Waals surface area contributed by atoms with Crippen LogP contribution in [0.4, 0.5) is 0 Å². The minimum atomic E-state index is 0. The van der Waals surface area contributed by atoms with Crippen LogP contribution < -0.4 is 15.4 Å². The van der Waals surface area contributed by atoms with Gasteiger partial charge in [-0.05, 0) is 42.2 Å². The van der Waals surface area contributed by atoms with Crippen LogP contribution in [-0.2, 0) is 13.0 Å². The second-order valence-corrected chi connectivity index (χ2v) is 6.16. The molecule has 0 bridgehead atoms. The third-order valence-electron chi connectivity index (χ3n) is 4.43. The highest BCUT2D eigenvalue weighted by Crippen LogP contribution is 2.18. The zero-order chi connectivity index (χ0) is 18.2. The fourth-order valence-corrected chi connectivity index (χ4v) is 2.97. The topological polar surface area (TPSA) is 61.4 Å². The first-order chi connectivity index (χ1) is 12.8. The van der Waals surface area contributed by atoms with Gasteiger partial charge in [-0.3, -0.25) is 4.99 Å². The number of rotatable bonds is 7. The summed E-state index contributed by atoms with van der Waals surface area (Å²) in [6.07, 6.45) is 4.19. The Hall–Kier alpha value is -2.22. The number of aromatic nitrogens is 1. The molecule has 0 aliphatic heterocycles. The van der Waals surface area contributed by atoms with Crippen LogP contribution in [0.5, 0.6) is 5.75 Å². The number of para-hydroxylation sites is 1. The lowest BCUT2D eigenvalue weighted by Gasteiger charge is -2.12. The largest absolute Gasteiger partial charge is 0.497 e. The van der Waals surface area contributed by atoms with Gasteiger partial charge in [0.05, 0.1) is 7.11 Å². The highest BCUT2D eigenvalue weighted by Gasteiger charge is 2.03. The van der Waals surface area contributed by atoms with Crippen LogP contribution in [0.3, 0.4) is 0 Å². The van der Waals surface area contributed by atoms with Crippen molar-refractivity contribution in [3.8, 4) is 5.75 Å². The van der Waals surface area contributed by atoms with Crippen LogP contribution in [0.2, 0.25) is 0 Å². The molecule has 0 saturated heterocycles. The summed E-state index contributed by atoms with van der Waals surface area (Å²) in [7, 11) is 3.47. The predicted molar refractivity (Wildman–Crippen MR) is 123 cm³/mol. The van der Waals surface area contributed by atoms with Gasteiger partial charge in [-0.1, -0.05) is 30.3 Å². The number of hydrogen-bond acceptors (Lipinski definition) is 2. The SMILES string of the molecule is CN=C(NCCCc1c[nH]c2ccccc12)NCc1ccc(OC)cc1.I. The lowest BCUT2D eigenvalue weighted by molar-refractivity contribution is 0.414. The van der Waals surface area contributed by atoms with Crippen LogP contribution in [0.15, 0.2) is 59.7 Å². The number of aryl methyl sites for hydroxylation is 1. The van der Waals surface area contributed by atoms with E-state index in [-0.39, 0.29) is 24.0 Å². The lowest BCUT2D eigenvalue weighted by Crippen LogP contribution is -2.37. The van der Waals surface area contributed by atoms with E-state index >= 15 is 0 Å². The molecule has 1 heterocycles. The van der Waals surface area contributed by atoms with Gasteiger partial charge in [-0.2, -0.15) is 0 Å². The van der Waals surface area contributed by atoms with Gasteiger partial charge in [0, 0.05) is 37.2 Å². The summed E-state index contributed by atoms with van der Waals surface area (Å²) in [5.74, 6) is 1.69. The number of fused-ring (bicyclic) bond motifs is 1. The van der Waals surface area contributed by atoms with Crippen molar-refractivity contribution in [1.82, 2.24) is 15.6 Å². The summed E-state index contributed by atoms with van der Waals surface area (Å²) >= 11 is 0. The quantitative estimate of drug-likeness (QED) is 0.208. The van der Waals surface area contributed by atoms with Crippen LogP contribution in [-0.4, -0.2) is 31.6 Å². The third-order valence-corrected chi connectivity index (χ3v) is 4.43. The van der Waals surface area contributed by atoms with E-state index in [1.54, 1.807) is 14.2 Å². The molecule has 0 aliphatic carbocycles. The maximum atomic E-state index is 5.18. The van der Waals surface area contributed by atoms with E-state index in [4.69, 9.17) is 4.74 Å². The first kappa shape index (κ1) is 21.1. The molecule has 6 heteroatoms. The molecule has 0 saturated carbocycles. The Kier molecular flexibility index (Phi) is 8.44. The Balaban J connectivity index is 0.00000261. The van der Waals surface area contributed by atoms with Crippen molar-refractivity contribution in [2.75, 3.05) is 20.7 Å². The number of aromatic amines is 1. The number of nitrogens with one attached hydrogen (secondary N) is 3. The smallest absolute Gasteiger partial charge is 0.191 e. The standard InChI is InChI=1S/C21H26N4O.HI/c1-22-21(25-14-16-9-11-18(26-2)12-10-16)23-13-5-6-17-15-24-20-8-4-3-7-19(17)20;/h3-4,7-12,15,24H,5-6,13-14H2,1-2H3,(H2,22,23,25);1H. The second kappa shape index (κ2) is 10.8. The first-order valence-corrected chi connectivity index (χ1v) is 8.92. The molecule has 0 atom stereocenters. The van der Waals surface area contributed by atoms with Crippen molar-refractivity contribution < 1.29 is 4.74 Å². The molecule has 27 heavy (non-hydrogen) atoms. The van der Waals surface area contributed by atoms with Gasteiger partial charge in [0.25, 0.3) is 0 Å². The summed E-state index contributed by atoms with van der Waals surface area (Å²) in [5, 5.41) is 8.03. The van der Waals surface area contributed by atoms with Crippen molar-refractivity contribution in [3.63, 3.8) is 0 Å². The summed E-state index contributed by atoms with van der Waals surface area (Å²) in [5.41, 5.74) is 3.75. The maximum Gasteiger partial charge on any atom is 0.191 e. The lowest BCUT2D eigenvalue weighted by atomic mass is 10.1. The zero-order valence-corrected chi connectivity index (χ0v) is 18.1. The van der Waals surface area contributed by atoms with Crippen LogP contribution in [0, 0.1) is 0 Å². The summed E-state index contributed by atoms with van der Waals surface area (Å²) < 4.78 is 5.18. The normalized spacial score (nSPS) is 11.1. The van der Waals surface area contributed by atoms with Gasteiger partial charge in [0.1, 0.15) is 5.75 Å². The molecule has 2 aromatic carbocycles. The number of H-pyrrole nitrogens is 1. The van der Waals surface area contributed by atoms with Gasteiger partial charge in [-0.25, -0.2) is 0 Å². The van der Waals surface area contributed by atoms with Crippen molar-refractivity contribution in [1.29, 1.82) is 0 Å². The number of hydrogen-bond donors (Lipinski definition) is 3. The van der Waals surface area contributed by atoms with Crippen molar-refractivity contribution in [2.45, 2.75) is 19.4 Å². The number of methoxy groups -OCH3 is 1. The highest BCUT2D eigenvalue weighted by molar-refractivity contribution is 14.0. The summed E-state index contributed by atoms with van der Waals surface area (Å²) in [6, 6.07) is 16.5. The average Bonchev–Trinajstić information content (AvgIpc) is 3.11. The average molecular weight is 478 g/mol. The molecule has 1 aromatic heterocycles. The second-order valence-electron chi connectivity index (χ2n) is 6.16. The summed E-state index contributed by atoms with van der Waals surface area (Å²) in [6.45, 7) is 1.61. The Labute approximate surface area is 177 Å². The third kappa shape index (κ3) is 5.89. The van der Waals surface area contributed by atoms with Gasteiger partial charge in [-0.15, -0.1) is 24.0 Å². The van der Waals surface area contributed by atoms with E-state index in [2.05, 4.69) is 63.2 Å². The van der Waals surface area contributed by atoms with Gasteiger partial charge in [0.2, 0.25) is 0 Å². The van der Waals surface area contributed by atoms with Crippen LogP contribution in [0.25, 0.3) is 10.9 Å². The molecule has 5 nitrogen and oxygen atoms in total. The highest BCUT2D eigenvalue weighted by atomic mass is 127. The number of nitrogens with zero attached hydrogens (tertiary/aromatic N) is 1. The molecule has 0 unspecified atom stereocenters. The Bertz CT molecular complexity index is 858. The van der Waals surface area contributed by atoms with Gasteiger partial charge >= 0.3 is 0 Å². The number of halogens is 1. The molecule has 3 rings (SSSR count). The molecule has 3 N–H and O–H groups in total. The number of benzene rings is 2. The van der Waals surface area contributed by atoms with Crippen LogP contribution >= 0.6 is 24.0 Å². The molecule has 0 fully saturated rings. The van der Waals surface area contributed by atoms with E-state index in [9.17, 15) is 0 Å². The number of guanidine groups is 1. The molecule has 0 amide bonds. The van der Waals surface area contributed by atoms with E-state index < -0.39 is 0 Å². The molecule has 0 aliphatic rings. The van der Waals surface area contributed by atoms with Crippen LogP contribution in [0.1, 0.15) is 17.5 Å². The fourth-order valence-electron chi connectivity index (χ4n) is 2.97. The van der Waals surface area contributed by atoms with E-state index in [0.29, 0.717) is 0 Å². The fraction of sp³-hybridized carbons (Fsp3) is 0.286. The van der Waals surface area contributed by atoms with E-state index in [1.165, 1.54) is 22.0 Å². The first-order valence-electron chi connectivity index (χ1n) is 8.92. The monoisotopic (exact) mass is 478 g/mol. The van der Waals surface area contributed by atoms with Crippen molar-refractivity contribution in [3.05, 3.63) is 65.9 Å². The minimum absolute atomic E-state index is 0. The zero-order valence-electron chi connectivity index (χ0n) is 15.8.